The van der Waals surface area contributed by atoms with Gasteiger partial charge in [-0.2, -0.15) is 0 Å². The lowest BCUT2D eigenvalue weighted by Crippen LogP contribution is -2.42. The molecular formula is C10H15N5O3. The van der Waals surface area contributed by atoms with Crippen LogP contribution in [0, 0.1) is 6.92 Å². The standard InChI is InChI=1S/C10H15N5O3/c1-7-9(10(11)17)12-13-15(7)6-8(16)14-2-4-18-5-3-14/h2-6H2,1H3,(H2,11,17). The van der Waals surface area contributed by atoms with Crippen LogP contribution in [0.2, 0.25) is 0 Å². The number of morpholine rings is 1. The Morgan fingerprint density at radius 1 is 1.39 bits per heavy atom. The van der Waals surface area contributed by atoms with Gasteiger partial charge in [0, 0.05) is 13.1 Å². The van der Waals surface area contributed by atoms with Crippen LogP contribution in [0.3, 0.4) is 0 Å². The summed E-state index contributed by atoms with van der Waals surface area (Å²) in [7, 11) is 0. The van der Waals surface area contributed by atoms with E-state index < -0.39 is 5.91 Å². The molecule has 0 aromatic carbocycles. The molecule has 98 valence electrons. The number of carbonyl (C=O) groups excluding carboxylic acids is 2. The van der Waals surface area contributed by atoms with E-state index in [1.807, 2.05) is 0 Å². The minimum absolute atomic E-state index is 0.0616. The molecule has 1 aliphatic rings. The maximum Gasteiger partial charge on any atom is 0.271 e. The molecule has 1 aliphatic heterocycles. The highest BCUT2D eigenvalue weighted by molar-refractivity contribution is 5.91. The summed E-state index contributed by atoms with van der Waals surface area (Å²) in [4.78, 5) is 24.7. The number of amides is 2. The van der Waals surface area contributed by atoms with Crippen LogP contribution < -0.4 is 5.73 Å². The molecule has 2 rings (SSSR count). The van der Waals surface area contributed by atoms with Gasteiger partial charge in [0.2, 0.25) is 5.91 Å². The van der Waals surface area contributed by atoms with E-state index in [0.29, 0.717) is 32.0 Å². The van der Waals surface area contributed by atoms with Crippen molar-refractivity contribution in [1.29, 1.82) is 0 Å². The highest BCUT2D eigenvalue weighted by Gasteiger charge is 2.20. The first-order valence-electron chi connectivity index (χ1n) is 5.65. The zero-order valence-electron chi connectivity index (χ0n) is 10.1. The van der Waals surface area contributed by atoms with Crippen LogP contribution in [0.25, 0.3) is 0 Å². The maximum absolute atomic E-state index is 12.0. The molecule has 1 aromatic rings. The Morgan fingerprint density at radius 3 is 2.61 bits per heavy atom. The summed E-state index contributed by atoms with van der Waals surface area (Å²) in [6.45, 7) is 3.98. The molecule has 0 unspecified atom stereocenters. The van der Waals surface area contributed by atoms with Crippen LogP contribution in [-0.4, -0.2) is 58.0 Å². The van der Waals surface area contributed by atoms with Crippen molar-refractivity contribution < 1.29 is 14.3 Å². The van der Waals surface area contributed by atoms with Crippen LogP contribution in [0.5, 0.6) is 0 Å². The Labute approximate surface area is 104 Å². The first-order chi connectivity index (χ1) is 8.59. The third-order valence-corrected chi connectivity index (χ3v) is 2.86. The minimum atomic E-state index is -0.641. The number of nitrogens with zero attached hydrogens (tertiary/aromatic N) is 4. The molecule has 0 spiro atoms. The Balaban J connectivity index is 2.04. The molecule has 2 heterocycles. The number of primary amides is 1. The third kappa shape index (κ3) is 2.48. The van der Waals surface area contributed by atoms with Gasteiger partial charge >= 0.3 is 0 Å². The van der Waals surface area contributed by atoms with Gasteiger partial charge in [-0.15, -0.1) is 5.10 Å². The van der Waals surface area contributed by atoms with Crippen LogP contribution in [0.15, 0.2) is 0 Å². The lowest BCUT2D eigenvalue weighted by Gasteiger charge is -2.26. The molecule has 2 N–H and O–H groups in total. The molecule has 8 heteroatoms. The molecular weight excluding hydrogens is 238 g/mol. The van der Waals surface area contributed by atoms with E-state index >= 15 is 0 Å². The van der Waals surface area contributed by atoms with Crippen molar-refractivity contribution in [2.24, 2.45) is 5.73 Å². The summed E-state index contributed by atoms with van der Waals surface area (Å²) in [5.41, 5.74) is 5.74. The topological polar surface area (TPSA) is 103 Å². The van der Waals surface area contributed by atoms with Crippen molar-refractivity contribution in [3.63, 3.8) is 0 Å². The van der Waals surface area contributed by atoms with Gasteiger partial charge < -0.3 is 15.4 Å². The predicted molar refractivity (Wildman–Crippen MR) is 60.7 cm³/mol. The Bertz CT molecular complexity index is 464. The van der Waals surface area contributed by atoms with E-state index in [1.54, 1.807) is 11.8 Å². The van der Waals surface area contributed by atoms with Crippen molar-refractivity contribution in [2.45, 2.75) is 13.5 Å². The molecule has 0 radical (unpaired) electrons. The lowest BCUT2D eigenvalue weighted by atomic mass is 10.3. The fourth-order valence-electron chi connectivity index (χ4n) is 1.78. The molecule has 1 saturated heterocycles. The number of carbonyl (C=O) groups is 2. The van der Waals surface area contributed by atoms with Crippen molar-refractivity contribution in [2.75, 3.05) is 26.3 Å². The van der Waals surface area contributed by atoms with Crippen LogP contribution in [-0.2, 0) is 16.1 Å². The Morgan fingerprint density at radius 2 is 2.06 bits per heavy atom. The summed E-state index contributed by atoms with van der Waals surface area (Å²) < 4.78 is 6.56. The minimum Gasteiger partial charge on any atom is -0.378 e. The van der Waals surface area contributed by atoms with Gasteiger partial charge in [-0.1, -0.05) is 5.21 Å². The second-order valence-corrected chi connectivity index (χ2v) is 4.04. The largest absolute Gasteiger partial charge is 0.378 e. The van der Waals surface area contributed by atoms with E-state index in [0.717, 1.165) is 0 Å². The van der Waals surface area contributed by atoms with Gasteiger partial charge in [-0.25, -0.2) is 4.68 Å². The molecule has 1 fully saturated rings. The normalized spacial score (nSPS) is 15.7. The average Bonchev–Trinajstić information content (AvgIpc) is 2.72. The second kappa shape index (κ2) is 5.13. The number of nitrogens with two attached hydrogens (primary N) is 1. The Kier molecular flexibility index (Phi) is 3.56. The SMILES string of the molecule is Cc1c(C(N)=O)nnn1CC(=O)N1CCOCC1. The monoisotopic (exact) mass is 253 g/mol. The average molecular weight is 253 g/mol. The van der Waals surface area contributed by atoms with Gasteiger partial charge in [0.15, 0.2) is 5.69 Å². The smallest absolute Gasteiger partial charge is 0.271 e. The van der Waals surface area contributed by atoms with Crippen molar-refractivity contribution in [3.05, 3.63) is 11.4 Å². The highest BCUT2D eigenvalue weighted by atomic mass is 16.5. The molecule has 18 heavy (non-hydrogen) atoms. The number of rotatable bonds is 3. The molecule has 0 bridgehead atoms. The lowest BCUT2D eigenvalue weighted by molar-refractivity contribution is -0.136. The number of ether oxygens (including phenoxy) is 1. The highest BCUT2D eigenvalue weighted by Crippen LogP contribution is 2.05. The summed E-state index contributed by atoms with van der Waals surface area (Å²) in [5, 5.41) is 7.42. The van der Waals surface area contributed by atoms with E-state index in [4.69, 9.17) is 10.5 Å². The summed E-state index contributed by atoms with van der Waals surface area (Å²) in [6, 6.07) is 0. The molecule has 1 aromatic heterocycles. The summed E-state index contributed by atoms with van der Waals surface area (Å²) >= 11 is 0. The number of aromatic nitrogens is 3. The fourth-order valence-corrected chi connectivity index (χ4v) is 1.78. The van der Waals surface area contributed by atoms with E-state index in [-0.39, 0.29) is 18.1 Å². The van der Waals surface area contributed by atoms with Crippen LogP contribution in [0.1, 0.15) is 16.2 Å². The first kappa shape index (κ1) is 12.5. The van der Waals surface area contributed by atoms with E-state index in [2.05, 4.69) is 10.3 Å². The first-order valence-corrected chi connectivity index (χ1v) is 5.65. The van der Waals surface area contributed by atoms with Crippen LogP contribution in [0.4, 0.5) is 0 Å². The Hall–Kier alpha value is -1.96. The zero-order chi connectivity index (χ0) is 13.1. The molecule has 2 amide bonds. The molecule has 0 saturated carbocycles. The van der Waals surface area contributed by atoms with E-state index in [9.17, 15) is 9.59 Å². The molecule has 0 aliphatic carbocycles. The third-order valence-electron chi connectivity index (χ3n) is 2.86. The van der Waals surface area contributed by atoms with Crippen molar-refractivity contribution >= 4 is 11.8 Å². The molecule has 8 nitrogen and oxygen atoms in total. The fraction of sp³-hybridized carbons (Fsp3) is 0.600. The van der Waals surface area contributed by atoms with Gasteiger partial charge in [0.25, 0.3) is 5.91 Å². The van der Waals surface area contributed by atoms with Crippen LogP contribution >= 0.6 is 0 Å². The van der Waals surface area contributed by atoms with Gasteiger partial charge in [0.05, 0.1) is 18.9 Å². The number of hydrogen-bond acceptors (Lipinski definition) is 5. The van der Waals surface area contributed by atoms with Gasteiger partial charge in [0.1, 0.15) is 6.54 Å². The summed E-state index contributed by atoms with van der Waals surface area (Å²) in [6.07, 6.45) is 0. The summed E-state index contributed by atoms with van der Waals surface area (Å²) in [5.74, 6) is -0.708. The zero-order valence-corrected chi connectivity index (χ0v) is 10.1. The van der Waals surface area contributed by atoms with Crippen molar-refractivity contribution in [3.8, 4) is 0 Å². The second-order valence-electron chi connectivity index (χ2n) is 4.04. The van der Waals surface area contributed by atoms with Gasteiger partial charge in [-0.05, 0) is 6.92 Å². The van der Waals surface area contributed by atoms with Gasteiger partial charge in [-0.3, -0.25) is 9.59 Å². The maximum atomic E-state index is 12.0. The molecule has 0 atom stereocenters. The van der Waals surface area contributed by atoms with E-state index in [1.165, 1.54) is 4.68 Å². The van der Waals surface area contributed by atoms with Crippen molar-refractivity contribution in [1.82, 2.24) is 19.9 Å². The quantitative estimate of drug-likeness (QED) is 0.709. The predicted octanol–water partition coefficient (Wildman–Crippen LogP) is -1.46. The number of hydrogen-bond donors (Lipinski definition) is 1.